The van der Waals surface area contributed by atoms with Crippen LogP contribution in [0.3, 0.4) is 0 Å². The van der Waals surface area contributed by atoms with Crippen LogP contribution in [-0.4, -0.2) is 40.9 Å². The Hall–Kier alpha value is -1.22. The molecule has 0 bridgehead atoms. The second kappa shape index (κ2) is 5.83. The minimum Gasteiger partial charge on any atom is -0.396 e. The first-order valence-electron chi connectivity index (χ1n) is 5.73. The van der Waals surface area contributed by atoms with Gasteiger partial charge in [-0.25, -0.2) is 17.5 Å². The highest BCUT2D eigenvalue weighted by molar-refractivity contribution is 7.89. The first-order chi connectivity index (χ1) is 8.99. The minimum atomic E-state index is -3.78. The molecule has 1 aromatic carbocycles. The van der Waals surface area contributed by atoms with E-state index in [0.717, 1.165) is 6.07 Å². The zero-order valence-corrected chi connectivity index (χ0v) is 11.0. The molecule has 1 saturated heterocycles. The highest BCUT2D eigenvalue weighted by Gasteiger charge is 2.20. The highest BCUT2D eigenvalue weighted by atomic mass is 32.2. The van der Waals surface area contributed by atoms with Crippen molar-refractivity contribution in [1.82, 2.24) is 4.72 Å². The Kier molecular flexibility index (Phi) is 4.35. The minimum absolute atomic E-state index is 0.0777. The molecule has 2 rings (SSSR count). The molecule has 1 heterocycles. The molecule has 8 heteroatoms. The van der Waals surface area contributed by atoms with Crippen molar-refractivity contribution < 1.29 is 22.3 Å². The monoisotopic (exact) mass is 290 g/mol. The molecular formula is C11H15FN2O4S. The molecule has 1 fully saturated rings. The van der Waals surface area contributed by atoms with E-state index in [9.17, 15) is 12.8 Å². The van der Waals surface area contributed by atoms with Gasteiger partial charge in [-0.1, -0.05) is 0 Å². The van der Waals surface area contributed by atoms with Crippen LogP contribution in [0, 0.1) is 5.82 Å². The van der Waals surface area contributed by atoms with Gasteiger partial charge in [-0.15, -0.1) is 0 Å². The Balaban J connectivity index is 2.02. The zero-order chi connectivity index (χ0) is 13.9. The topological polar surface area (TPSA) is 90.7 Å². The van der Waals surface area contributed by atoms with Crippen LogP contribution < -0.4 is 10.5 Å². The molecule has 0 saturated carbocycles. The predicted octanol–water partition coefficient (Wildman–Crippen LogP) is 0.102. The molecule has 6 nitrogen and oxygen atoms in total. The fourth-order valence-corrected chi connectivity index (χ4v) is 2.69. The van der Waals surface area contributed by atoms with Gasteiger partial charge in [0.2, 0.25) is 10.0 Å². The van der Waals surface area contributed by atoms with Crippen molar-refractivity contribution in [3.05, 3.63) is 24.0 Å². The number of hydrogen-bond donors (Lipinski definition) is 2. The molecule has 19 heavy (non-hydrogen) atoms. The predicted molar refractivity (Wildman–Crippen MR) is 66.6 cm³/mol. The largest absolute Gasteiger partial charge is 0.396 e. The SMILES string of the molecule is Nc1ccc(S(=O)(=O)NCC2COCCO2)cc1F. The Bertz CT molecular complexity index is 544. The summed E-state index contributed by atoms with van der Waals surface area (Å²) in [7, 11) is -3.78. The van der Waals surface area contributed by atoms with Crippen LogP contribution in [0.4, 0.5) is 10.1 Å². The summed E-state index contributed by atoms with van der Waals surface area (Å²) in [5.41, 5.74) is 5.20. The zero-order valence-electron chi connectivity index (χ0n) is 10.1. The summed E-state index contributed by atoms with van der Waals surface area (Å²) in [5, 5.41) is 0. The third kappa shape index (κ3) is 3.63. The van der Waals surface area contributed by atoms with E-state index in [-0.39, 0.29) is 23.2 Å². The molecule has 1 aromatic rings. The molecule has 3 N–H and O–H groups in total. The van der Waals surface area contributed by atoms with Gasteiger partial charge in [0.05, 0.1) is 36.5 Å². The van der Waals surface area contributed by atoms with E-state index >= 15 is 0 Å². The van der Waals surface area contributed by atoms with Crippen molar-refractivity contribution in [3.8, 4) is 0 Å². The van der Waals surface area contributed by atoms with Gasteiger partial charge in [-0.05, 0) is 18.2 Å². The van der Waals surface area contributed by atoms with Crippen LogP contribution in [0.25, 0.3) is 0 Å². The van der Waals surface area contributed by atoms with E-state index in [2.05, 4.69) is 4.72 Å². The number of ether oxygens (including phenoxy) is 2. The molecular weight excluding hydrogens is 275 g/mol. The number of anilines is 1. The van der Waals surface area contributed by atoms with Gasteiger partial charge in [0.25, 0.3) is 0 Å². The fraction of sp³-hybridized carbons (Fsp3) is 0.455. The summed E-state index contributed by atoms with van der Waals surface area (Å²) in [5.74, 6) is -0.764. The Labute approximate surface area is 110 Å². The number of sulfonamides is 1. The lowest BCUT2D eigenvalue weighted by Gasteiger charge is -2.23. The quantitative estimate of drug-likeness (QED) is 0.768. The maximum atomic E-state index is 13.2. The first kappa shape index (κ1) is 14.2. The van der Waals surface area contributed by atoms with Crippen molar-refractivity contribution in [2.24, 2.45) is 0 Å². The van der Waals surface area contributed by atoms with E-state index in [0.29, 0.717) is 19.8 Å². The van der Waals surface area contributed by atoms with Gasteiger partial charge in [0, 0.05) is 6.54 Å². The van der Waals surface area contributed by atoms with Crippen molar-refractivity contribution in [1.29, 1.82) is 0 Å². The number of nitrogens with two attached hydrogens (primary N) is 1. The van der Waals surface area contributed by atoms with E-state index in [4.69, 9.17) is 15.2 Å². The van der Waals surface area contributed by atoms with Crippen LogP contribution in [0.2, 0.25) is 0 Å². The van der Waals surface area contributed by atoms with E-state index in [1.54, 1.807) is 0 Å². The number of benzene rings is 1. The second-order valence-corrected chi connectivity index (χ2v) is 5.87. The average molecular weight is 290 g/mol. The van der Waals surface area contributed by atoms with Gasteiger partial charge in [0.1, 0.15) is 5.82 Å². The van der Waals surface area contributed by atoms with Crippen LogP contribution in [0.1, 0.15) is 0 Å². The number of rotatable bonds is 4. The van der Waals surface area contributed by atoms with Crippen molar-refractivity contribution in [2.75, 3.05) is 32.1 Å². The molecule has 1 atom stereocenters. The van der Waals surface area contributed by atoms with E-state index < -0.39 is 15.8 Å². The smallest absolute Gasteiger partial charge is 0.240 e. The van der Waals surface area contributed by atoms with Gasteiger partial charge < -0.3 is 15.2 Å². The van der Waals surface area contributed by atoms with Gasteiger partial charge in [-0.3, -0.25) is 0 Å². The Morgan fingerprint density at radius 3 is 2.84 bits per heavy atom. The molecule has 0 radical (unpaired) electrons. The molecule has 0 aromatic heterocycles. The first-order valence-corrected chi connectivity index (χ1v) is 7.21. The van der Waals surface area contributed by atoms with Crippen molar-refractivity contribution in [2.45, 2.75) is 11.0 Å². The normalized spacial score (nSPS) is 20.4. The fourth-order valence-electron chi connectivity index (χ4n) is 1.62. The Morgan fingerprint density at radius 1 is 1.42 bits per heavy atom. The summed E-state index contributed by atoms with van der Waals surface area (Å²) in [6.07, 6.45) is -0.331. The third-order valence-electron chi connectivity index (χ3n) is 2.67. The Morgan fingerprint density at radius 2 is 2.21 bits per heavy atom. The lowest BCUT2D eigenvalue weighted by Crippen LogP contribution is -2.39. The van der Waals surface area contributed by atoms with Crippen molar-refractivity contribution >= 4 is 15.7 Å². The summed E-state index contributed by atoms with van der Waals surface area (Å²) < 4.78 is 49.9. The maximum Gasteiger partial charge on any atom is 0.240 e. The lowest BCUT2D eigenvalue weighted by atomic mass is 10.3. The van der Waals surface area contributed by atoms with Gasteiger partial charge >= 0.3 is 0 Å². The number of halogens is 1. The number of hydrogen-bond acceptors (Lipinski definition) is 5. The van der Waals surface area contributed by atoms with Crippen LogP contribution in [0.15, 0.2) is 23.1 Å². The standard InChI is InChI=1S/C11H15FN2O4S/c12-10-5-9(1-2-11(10)13)19(15,16)14-6-8-7-17-3-4-18-8/h1-2,5,8,14H,3-4,6-7,13H2. The maximum absolute atomic E-state index is 13.2. The molecule has 1 aliphatic heterocycles. The summed E-state index contributed by atoms with van der Waals surface area (Å²) >= 11 is 0. The van der Waals surface area contributed by atoms with E-state index in [1.807, 2.05) is 0 Å². The van der Waals surface area contributed by atoms with Crippen LogP contribution >= 0.6 is 0 Å². The highest BCUT2D eigenvalue weighted by Crippen LogP contribution is 2.16. The molecule has 1 aliphatic rings. The summed E-state index contributed by atoms with van der Waals surface area (Å²) in [6.45, 7) is 1.35. The molecule has 0 amide bonds. The van der Waals surface area contributed by atoms with Gasteiger partial charge in [0.15, 0.2) is 0 Å². The summed E-state index contributed by atoms with van der Waals surface area (Å²) in [4.78, 5) is -0.170. The third-order valence-corrected chi connectivity index (χ3v) is 4.09. The lowest BCUT2D eigenvalue weighted by molar-refractivity contribution is -0.0846. The number of nitrogens with one attached hydrogen (secondary N) is 1. The number of nitrogen functional groups attached to an aromatic ring is 1. The average Bonchev–Trinajstić information content (AvgIpc) is 2.41. The van der Waals surface area contributed by atoms with Crippen molar-refractivity contribution in [3.63, 3.8) is 0 Å². The molecule has 0 spiro atoms. The van der Waals surface area contributed by atoms with E-state index in [1.165, 1.54) is 12.1 Å². The molecule has 106 valence electrons. The van der Waals surface area contributed by atoms with Crippen LogP contribution in [0.5, 0.6) is 0 Å². The molecule has 0 aliphatic carbocycles. The second-order valence-electron chi connectivity index (χ2n) is 4.10. The van der Waals surface area contributed by atoms with Gasteiger partial charge in [-0.2, -0.15) is 0 Å². The molecule has 1 unspecified atom stereocenters. The van der Waals surface area contributed by atoms with Crippen LogP contribution in [-0.2, 0) is 19.5 Å². The summed E-state index contributed by atoms with van der Waals surface area (Å²) in [6, 6.07) is 3.35.